The van der Waals surface area contributed by atoms with Gasteiger partial charge in [0.25, 0.3) is 0 Å². The van der Waals surface area contributed by atoms with Crippen LogP contribution in [0.5, 0.6) is 0 Å². The third kappa shape index (κ3) is 2.67. The summed E-state index contributed by atoms with van der Waals surface area (Å²) in [6.45, 7) is 1.43. The molecule has 3 nitrogen and oxygen atoms in total. The van der Waals surface area contributed by atoms with Gasteiger partial charge in [0.15, 0.2) is 5.38 Å². The van der Waals surface area contributed by atoms with E-state index in [9.17, 15) is 4.79 Å². The van der Waals surface area contributed by atoms with Crippen LogP contribution < -0.4 is 0 Å². The molecule has 0 aliphatic rings. The zero-order valence-corrected chi connectivity index (χ0v) is 6.05. The van der Waals surface area contributed by atoms with E-state index in [2.05, 4.69) is 4.74 Å². The van der Waals surface area contributed by atoms with Crippen LogP contribution >= 0.6 is 11.6 Å². The largest absolute Gasteiger partial charge is 0.468 e. The van der Waals surface area contributed by atoms with Gasteiger partial charge in [0.1, 0.15) is 0 Å². The Morgan fingerprint density at radius 1 is 1.78 bits per heavy atom. The third-order valence-corrected chi connectivity index (χ3v) is 1.39. The average molecular weight is 153 g/mol. The number of aliphatic hydroxyl groups excluding tert-OH is 1. The molecule has 1 N–H and O–H groups in total. The van der Waals surface area contributed by atoms with Crippen molar-refractivity contribution in [2.45, 2.75) is 18.4 Å². The second-order valence-electron chi connectivity index (χ2n) is 1.67. The smallest absolute Gasteiger partial charge is 0.326 e. The number of hydrogen-bond acceptors (Lipinski definition) is 3. The molecule has 0 aliphatic heterocycles. The highest BCUT2D eigenvalue weighted by atomic mass is 35.5. The SMILES string of the molecule is COC(=O)C(Cl)C(C)O. The van der Waals surface area contributed by atoms with Crippen molar-refractivity contribution in [2.75, 3.05) is 7.11 Å². The second-order valence-corrected chi connectivity index (χ2v) is 2.14. The molecule has 2 unspecified atom stereocenters. The summed E-state index contributed by atoms with van der Waals surface area (Å²) in [5.41, 5.74) is 0. The van der Waals surface area contributed by atoms with E-state index in [1.807, 2.05) is 0 Å². The Kier molecular flexibility index (Phi) is 3.58. The number of hydrogen-bond donors (Lipinski definition) is 1. The lowest BCUT2D eigenvalue weighted by Crippen LogP contribution is -2.27. The van der Waals surface area contributed by atoms with Crippen molar-refractivity contribution in [3.05, 3.63) is 0 Å². The fraction of sp³-hybridized carbons (Fsp3) is 0.800. The molecule has 2 atom stereocenters. The minimum Gasteiger partial charge on any atom is -0.468 e. The molecule has 0 rings (SSSR count). The van der Waals surface area contributed by atoms with Gasteiger partial charge in [0.2, 0.25) is 0 Å². The van der Waals surface area contributed by atoms with E-state index in [0.717, 1.165) is 0 Å². The summed E-state index contributed by atoms with van der Waals surface area (Å²) in [4.78, 5) is 10.4. The predicted octanol–water partition coefficient (Wildman–Crippen LogP) is 0.148. The molecule has 0 spiro atoms. The molecule has 0 heterocycles. The van der Waals surface area contributed by atoms with Crippen LogP contribution in [-0.2, 0) is 9.53 Å². The Hall–Kier alpha value is -0.280. The lowest BCUT2D eigenvalue weighted by molar-refractivity contribution is -0.142. The highest BCUT2D eigenvalue weighted by Gasteiger charge is 2.20. The van der Waals surface area contributed by atoms with Gasteiger partial charge >= 0.3 is 5.97 Å². The van der Waals surface area contributed by atoms with Crippen molar-refractivity contribution in [2.24, 2.45) is 0 Å². The summed E-state index contributed by atoms with van der Waals surface area (Å²) in [7, 11) is 1.22. The average Bonchev–Trinajstić information content (AvgIpc) is 1.84. The molecule has 0 saturated heterocycles. The summed E-state index contributed by atoms with van der Waals surface area (Å²) in [5, 5.41) is 7.74. The van der Waals surface area contributed by atoms with E-state index in [1.54, 1.807) is 0 Å². The highest BCUT2D eigenvalue weighted by molar-refractivity contribution is 6.30. The first kappa shape index (κ1) is 8.72. The van der Waals surface area contributed by atoms with E-state index in [0.29, 0.717) is 0 Å². The van der Waals surface area contributed by atoms with Crippen LogP contribution in [0.2, 0.25) is 0 Å². The van der Waals surface area contributed by atoms with Crippen LogP contribution in [-0.4, -0.2) is 29.7 Å². The van der Waals surface area contributed by atoms with Gasteiger partial charge in [0.05, 0.1) is 13.2 Å². The number of carbonyl (C=O) groups is 1. The molecular weight excluding hydrogens is 144 g/mol. The third-order valence-electron chi connectivity index (χ3n) is 0.850. The van der Waals surface area contributed by atoms with Crippen molar-refractivity contribution < 1.29 is 14.6 Å². The van der Waals surface area contributed by atoms with E-state index in [4.69, 9.17) is 16.7 Å². The van der Waals surface area contributed by atoms with Crippen LogP contribution in [0.3, 0.4) is 0 Å². The lowest BCUT2D eigenvalue weighted by Gasteiger charge is -2.08. The van der Waals surface area contributed by atoms with Crippen LogP contribution in [0, 0.1) is 0 Å². The minimum absolute atomic E-state index is 0.605. The van der Waals surface area contributed by atoms with Gasteiger partial charge in [-0.25, -0.2) is 0 Å². The van der Waals surface area contributed by atoms with Crippen molar-refractivity contribution >= 4 is 17.6 Å². The first-order valence-electron chi connectivity index (χ1n) is 2.49. The molecule has 0 aliphatic carbocycles. The molecule has 0 aromatic carbocycles. The van der Waals surface area contributed by atoms with Crippen molar-refractivity contribution in [1.29, 1.82) is 0 Å². The fourth-order valence-electron chi connectivity index (χ4n) is 0.310. The predicted molar refractivity (Wildman–Crippen MR) is 33.3 cm³/mol. The Morgan fingerprint density at radius 3 is 2.33 bits per heavy atom. The van der Waals surface area contributed by atoms with Gasteiger partial charge in [-0.2, -0.15) is 0 Å². The summed E-state index contributed by atoms with van der Waals surface area (Å²) in [5.74, 6) is -0.605. The van der Waals surface area contributed by atoms with Gasteiger partial charge in [-0.3, -0.25) is 4.79 Å². The van der Waals surface area contributed by atoms with Crippen LogP contribution in [0.25, 0.3) is 0 Å². The Bertz CT molecular complexity index is 102. The van der Waals surface area contributed by atoms with Crippen molar-refractivity contribution in [1.82, 2.24) is 0 Å². The highest BCUT2D eigenvalue weighted by Crippen LogP contribution is 2.03. The molecule has 9 heavy (non-hydrogen) atoms. The van der Waals surface area contributed by atoms with E-state index < -0.39 is 17.5 Å². The minimum atomic E-state index is -0.949. The molecule has 0 amide bonds. The van der Waals surface area contributed by atoms with Crippen molar-refractivity contribution in [3.63, 3.8) is 0 Å². The molecule has 0 aromatic rings. The lowest BCUT2D eigenvalue weighted by atomic mass is 10.3. The molecule has 4 heteroatoms. The number of alkyl halides is 1. The number of aliphatic hydroxyl groups is 1. The molecule has 0 radical (unpaired) electrons. The van der Waals surface area contributed by atoms with Gasteiger partial charge in [-0.05, 0) is 6.92 Å². The van der Waals surface area contributed by atoms with Crippen molar-refractivity contribution in [3.8, 4) is 0 Å². The number of carbonyl (C=O) groups excluding carboxylic acids is 1. The van der Waals surface area contributed by atoms with E-state index >= 15 is 0 Å². The van der Waals surface area contributed by atoms with Gasteiger partial charge in [-0.1, -0.05) is 0 Å². The van der Waals surface area contributed by atoms with E-state index in [1.165, 1.54) is 14.0 Å². The second kappa shape index (κ2) is 3.69. The summed E-state index contributed by atoms with van der Waals surface area (Å²) in [6, 6.07) is 0. The standard InChI is InChI=1S/C5H9ClO3/c1-3(7)4(6)5(8)9-2/h3-4,7H,1-2H3. The number of ether oxygens (including phenoxy) is 1. The Morgan fingerprint density at radius 2 is 2.22 bits per heavy atom. The Balaban J connectivity index is 3.72. The summed E-state index contributed by atoms with van der Waals surface area (Å²) < 4.78 is 4.24. The topological polar surface area (TPSA) is 46.5 Å². The quantitative estimate of drug-likeness (QED) is 0.453. The zero-order chi connectivity index (χ0) is 7.44. The molecular formula is C5H9ClO3. The maximum atomic E-state index is 10.4. The maximum absolute atomic E-state index is 10.4. The Labute approximate surface area is 58.6 Å². The normalized spacial score (nSPS) is 16.4. The molecule has 0 saturated carbocycles. The number of esters is 1. The van der Waals surface area contributed by atoms with E-state index in [-0.39, 0.29) is 0 Å². The number of halogens is 1. The number of methoxy groups -OCH3 is 1. The monoisotopic (exact) mass is 152 g/mol. The molecule has 0 aromatic heterocycles. The number of rotatable bonds is 2. The van der Waals surface area contributed by atoms with Crippen LogP contribution in [0.15, 0.2) is 0 Å². The summed E-state index contributed by atoms with van der Waals surface area (Å²) >= 11 is 5.34. The van der Waals surface area contributed by atoms with Gasteiger partial charge < -0.3 is 9.84 Å². The zero-order valence-electron chi connectivity index (χ0n) is 5.30. The van der Waals surface area contributed by atoms with Gasteiger partial charge in [0, 0.05) is 0 Å². The maximum Gasteiger partial charge on any atom is 0.326 e. The summed E-state index contributed by atoms with van der Waals surface area (Å²) in [6.07, 6.45) is -0.862. The first-order chi connectivity index (χ1) is 4.09. The fourth-order valence-corrected chi connectivity index (χ4v) is 0.399. The molecule has 0 bridgehead atoms. The molecule has 54 valence electrons. The van der Waals surface area contributed by atoms with Crippen LogP contribution in [0.4, 0.5) is 0 Å². The van der Waals surface area contributed by atoms with Gasteiger partial charge in [-0.15, -0.1) is 11.6 Å². The molecule has 0 fully saturated rings. The first-order valence-corrected chi connectivity index (χ1v) is 2.93. The van der Waals surface area contributed by atoms with Crippen LogP contribution in [0.1, 0.15) is 6.92 Å².